The van der Waals surface area contributed by atoms with Gasteiger partial charge >= 0.3 is 17.9 Å². The third-order valence-electron chi connectivity index (χ3n) is 2.24. The van der Waals surface area contributed by atoms with E-state index in [1.807, 2.05) is 0 Å². The number of aromatic nitrogens is 2. The maximum absolute atomic E-state index is 12.5. The molecule has 110 valence electrons. The molecule has 0 aliphatic heterocycles. The number of ether oxygens (including phenoxy) is 1. The number of nitro groups is 1. The summed E-state index contributed by atoms with van der Waals surface area (Å²) in [6, 6.07) is 3.44. The number of nitro benzene ring substituents is 1. The molecule has 0 saturated heterocycles. The van der Waals surface area contributed by atoms with Crippen molar-refractivity contribution in [2.75, 3.05) is 0 Å². The van der Waals surface area contributed by atoms with E-state index in [9.17, 15) is 23.3 Å². The minimum absolute atomic E-state index is 0.0824. The van der Waals surface area contributed by atoms with E-state index in [0.29, 0.717) is 6.07 Å². The van der Waals surface area contributed by atoms with Crippen LogP contribution in [0.5, 0.6) is 11.8 Å². The van der Waals surface area contributed by atoms with Crippen LogP contribution >= 0.6 is 11.6 Å². The molecule has 0 radical (unpaired) electrons. The first-order valence-electron chi connectivity index (χ1n) is 5.29. The number of halogens is 4. The van der Waals surface area contributed by atoms with E-state index in [0.717, 1.165) is 18.3 Å². The summed E-state index contributed by atoms with van der Waals surface area (Å²) in [5.74, 6) is -0.316. The van der Waals surface area contributed by atoms with Gasteiger partial charge in [-0.05, 0) is 18.2 Å². The van der Waals surface area contributed by atoms with E-state index in [2.05, 4.69) is 9.97 Å². The largest absolute Gasteiger partial charge is 0.433 e. The molecule has 21 heavy (non-hydrogen) atoms. The summed E-state index contributed by atoms with van der Waals surface area (Å²) in [5.41, 5.74) is -1.73. The standard InChI is InChI=1S/C11H5ClF3N3O3/c12-6-1-2-8(7(5-6)18(19)20)21-10-16-4-3-9(17-10)11(13,14)15/h1-5H. The van der Waals surface area contributed by atoms with Crippen LogP contribution in [0.4, 0.5) is 18.9 Å². The molecule has 1 aromatic carbocycles. The van der Waals surface area contributed by atoms with Crippen molar-refractivity contribution in [1.82, 2.24) is 9.97 Å². The van der Waals surface area contributed by atoms with E-state index < -0.39 is 28.5 Å². The minimum atomic E-state index is -4.67. The highest BCUT2D eigenvalue weighted by molar-refractivity contribution is 6.30. The van der Waals surface area contributed by atoms with Gasteiger partial charge in [0.1, 0.15) is 0 Å². The molecular weight excluding hydrogens is 315 g/mol. The molecule has 0 spiro atoms. The highest BCUT2D eigenvalue weighted by Crippen LogP contribution is 2.33. The second kappa shape index (κ2) is 5.52. The van der Waals surface area contributed by atoms with Crippen LogP contribution in [-0.4, -0.2) is 14.9 Å². The fourth-order valence-corrected chi connectivity index (χ4v) is 1.53. The first kappa shape index (κ1) is 15.0. The molecule has 0 unspecified atom stereocenters. The van der Waals surface area contributed by atoms with Gasteiger partial charge in [-0.1, -0.05) is 11.6 Å². The highest BCUT2D eigenvalue weighted by atomic mass is 35.5. The molecule has 1 aromatic heterocycles. The predicted molar refractivity (Wildman–Crippen MR) is 65.2 cm³/mol. The van der Waals surface area contributed by atoms with Crippen molar-refractivity contribution >= 4 is 17.3 Å². The van der Waals surface area contributed by atoms with Crippen LogP contribution in [0.25, 0.3) is 0 Å². The van der Waals surface area contributed by atoms with Crippen LogP contribution in [-0.2, 0) is 6.18 Å². The van der Waals surface area contributed by atoms with E-state index in [1.165, 1.54) is 6.07 Å². The van der Waals surface area contributed by atoms with Crippen molar-refractivity contribution in [2.45, 2.75) is 6.18 Å². The zero-order valence-electron chi connectivity index (χ0n) is 9.96. The molecular formula is C11H5ClF3N3O3. The van der Waals surface area contributed by atoms with E-state index in [1.54, 1.807) is 0 Å². The van der Waals surface area contributed by atoms with Gasteiger partial charge < -0.3 is 4.74 Å². The molecule has 0 bridgehead atoms. The lowest BCUT2D eigenvalue weighted by Gasteiger charge is -2.08. The Morgan fingerprint density at radius 3 is 2.62 bits per heavy atom. The lowest BCUT2D eigenvalue weighted by Crippen LogP contribution is -2.09. The second-order valence-electron chi connectivity index (χ2n) is 3.69. The first-order valence-corrected chi connectivity index (χ1v) is 5.67. The molecule has 0 aliphatic carbocycles. The number of hydrogen-bond acceptors (Lipinski definition) is 5. The molecule has 6 nitrogen and oxygen atoms in total. The smallest absolute Gasteiger partial charge is 0.417 e. The molecule has 2 rings (SSSR count). The second-order valence-corrected chi connectivity index (χ2v) is 4.13. The van der Waals surface area contributed by atoms with Gasteiger partial charge in [0.2, 0.25) is 5.75 Å². The molecule has 0 amide bonds. The molecule has 2 aromatic rings. The average molecular weight is 320 g/mol. The number of rotatable bonds is 3. The molecule has 0 aliphatic rings. The quantitative estimate of drug-likeness (QED) is 0.634. The zero-order valence-corrected chi connectivity index (χ0v) is 10.7. The topological polar surface area (TPSA) is 78.2 Å². The Morgan fingerprint density at radius 2 is 2.00 bits per heavy atom. The van der Waals surface area contributed by atoms with Crippen LogP contribution < -0.4 is 4.74 Å². The maximum Gasteiger partial charge on any atom is 0.433 e. The van der Waals surface area contributed by atoms with Crippen LogP contribution in [0.2, 0.25) is 5.02 Å². The van der Waals surface area contributed by atoms with Crippen molar-refractivity contribution in [3.63, 3.8) is 0 Å². The Bertz CT molecular complexity index is 694. The van der Waals surface area contributed by atoms with E-state index in [4.69, 9.17) is 16.3 Å². The van der Waals surface area contributed by atoms with E-state index in [-0.39, 0.29) is 10.8 Å². The van der Waals surface area contributed by atoms with Crippen molar-refractivity contribution in [3.05, 3.63) is 51.3 Å². The number of benzene rings is 1. The fourth-order valence-electron chi connectivity index (χ4n) is 1.37. The van der Waals surface area contributed by atoms with Crippen LogP contribution in [0.15, 0.2) is 30.5 Å². The van der Waals surface area contributed by atoms with Crippen molar-refractivity contribution in [1.29, 1.82) is 0 Å². The number of alkyl halides is 3. The first-order chi connectivity index (χ1) is 9.77. The zero-order chi connectivity index (χ0) is 15.6. The fraction of sp³-hybridized carbons (Fsp3) is 0.0909. The summed E-state index contributed by atoms with van der Waals surface area (Å²) >= 11 is 5.61. The molecule has 0 fully saturated rings. The number of nitrogens with zero attached hydrogens (tertiary/aromatic N) is 3. The van der Waals surface area contributed by atoms with Crippen molar-refractivity contribution in [3.8, 4) is 11.8 Å². The lowest BCUT2D eigenvalue weighted by molar-refractivity contribution is -0.385. The lowest BCUT2D eigenvalue weighted by atomic mass is 10.3. The predicted octanol–water partition coefficient (Wildman–Crippen LogP) is 3.85. The third-order valence-corrected chi connectivity index (χ3v) is 2.48. The van der Waals surface area contributed by atoms with Crippen molar-refractivity contribution < 1.29 is 22.8 Å². The minimum Gasteiger partial charge on any atom is -0.417 e. The summed E-state index contributed by atoms with van der Waals surface area (Å²) in [6.07, 6.45) is -3.83. The SMILES string of the molecule is O=[N+]([O-])c1cc(Cl)ccc1Oc1nccc(C(F)(F)F)n1. The van der Waals surface area contributed by atoms with Crippen LogP contribution in [0, 0.1) is 10.1 Å². The molecule has 0 N–H and O–H groups in total. The van der Waals surface area contributed by atoms with E-state index >= 15 is 0 Å². The number of hydrogen-bond donors (Lipinski definition) is 0. The Labute approximate surface area is 120 Å². The molecule has 0 saturated carbocycles. The van der Waals surface area contributed by atoms with Gasteiger partial charge in [-0.3, -0.25) is 10.1 Å². The summed E-state index contributed by atoms with van der Waals surface area (Å²) < 4.78 is 42.4. The Hall–Kier alpha value is -2.42. The van der Waals surface area contributed by atoms with Crippen LogP contribution in [0.1, 0.15) is 5.69 Å². The molecule has 1 heterocycles. The molecule has 0 atom stereocenters. The summed E-state index contributed by atoms with van der Waals surface area (Å²) in [6.45, 7) is 0. The average Bonchev–Trinajstić information content (AvgIpc) is 2.40. The third kappa shape index (κ3) is 3.57. The highest BCUT2D eigenvalue weighted by Gasteiger charge is 2.33. The Balaban J connectivity index is 2.37. The summed E-state index contributed by atoms with van der Waals surface area (Å²) in [4.78, 5) is 16.7. The van der Waals surface area contributed by atoms with Gasteiger partial charge in [-0.25, -0.2) is 4.98 Å². The van der Waals surface area contributed by atoms with Gasteiger partial charge in [-0.2, -0.15) is 18.2 Å². The van der Waals surface area contributed by atoms with Gasteiger partial charge in [0.05, 0.1) is 4.92 Å². The summed E-state index contributed by atoms with van der Waals surface area (Å²) in [5, 5.41) is 10.9. The molecule has 10 heteroatoms. The maximum atomic E-state index is 12.5. The van der Waals surface area contributed by atoms with Gasteiger partial charge in [0, 0.05) is 17.3 Å². The Morgan fingerprint density at radius 1 is 1.29 bits per heavy atom. The van der Waals surface area contributed by atoms with Gasteiger partial charge in [-0.15, -0.1) is 0 Å². The monoisotopic (exact) mass is 319 g/mol. The van der Waals surface area contributed by atoms with Gasteiger partial charge in [0.15, 0.2) is 5.69 Å². The normalized spacial score (nSPS) is 11.2. The van der Waals surface area contributed by atoms with Crippen molar-refractivity contribution in [2.24, 2.45) is 0 Å². The summed E-state index contributed by atoms with van der Waals surface area (Å²) in [7, 11) is 0. The van der Waals surface area contributed by atoms with Crippen LogP contribution in [0.3, 0.4) is 0 Å². The van der Waals surface area contributed by atoms with Gasteiger partial charge in [0.25, 0.3) is 0 Å². The Kier molecular flexibility index (Phi) is 3.94.